The second kappa shape index (κ2) is 9.26. The fraction of sp³-hybridized carbons (Fsp3) is 0.700. The molecule has 7 heteroatoms. The summed E-state index contributed by atoms with van der Waals surface area (Å²) < 4.78 is 47.4. The van der Waals surface area contributed by atoms with Gasteiger partial charge in [0.2, 0.25) is 0 Å². The molecule has 0 amide bonds. The van der Waals surface area contributed by atoms with Crippen LogP contribution in [0.15, 0.2) is 24.3 Å². The molecule has 2 saturated heterocycles. The van der Waals surface area contributed by atoms with Gasteiger partial charge in [0.25, 0.3) is 0 Å². The number of benzene rings is 1. The molecule has 3 rings (SSSR count). The average molecular weight is 386 g/mol. The summed E-state index contributed by atoms with van der Waals surface area (Å²) in [5.41, 5.74) is 1.05. The van der Waals surface area contributed by atoms with Crippen LogP contribution < -0.4 is 10.1 Å². The standard InChI is InChI=1S/C20H29F3N2O2/c21-20(22,23)16-27-18-6-4-5-17(13-18)14-24-15-19(7-11-26-12-8-19)25-9-2-1-3-10-25/h4-6,13,24H,1-3,7-12,14-16H2. The monoisotopic (exact) mass is 386 g/mol. The van der Waals surface area contributed by atoms with Crippen LogP contribution in [0.4, 0.5) is 13.2 Å². The molecule has 0 aliphatic carbocycles. The number of piperidine rings is 1. The Morgan fingerprint density at radius 3 is 2.56 bits per heavy atom. The number of alkyl halides is 3. The summed E-state index contributed by atoms with van der Waals surface area (Å²) in [6.07, 6.45) is 1.53. The van der Waals surface area contributed by atoms with E-state index in [1.165, 1.54) is 19.3 Å². The summed E-state index contributed by atoms with van der Waals surface area (Å²) >= 11 is 0. The van der Waals surface area contributed by atoms with Crippen LogP contribution in [-0.2, 0) is 11.3 Å². The van der Waals surface area contributed by atoms with Gasteiger partial charge in [-0.2, -0.15) is 13.2 Å². The molecule has 4 nitrogen and oxygen atoms in total. The van der Waals surface area contributed by atoms with Gasteiger partial charge in [0.15, 0.2) is 6.61 Å². The van der Waals surface area contributed by atoms with Crippen LogP contribution in [0.3, 0.4) is 0 Å². The van der Waals surface area contributed by atoms with Gasteiger partial charge < -0.3 is 14.8 Å². The third-order valence-electron chi connectivity index (χ3n) is 5.53. The lowest BCUT2D eigenvalue weighted by molar-refractivity contribution is -0.153. The topological polar surface area (TPSA) is 33.7 Å². The average Bonchev–Trinajstić information content (AvgIpc) is 2.68. The number of ether oxygens (including phenoxy) is 2. The highest BCUT2D eigenvalue weighted by Crippen LogP contribution is 2.30. The summed E-state index contributed by atoms with van der Waals surface area (Å²) in [4.78, 5) is 2.62. The Balaban J connectivity index is 1.55. The Morgan fingerprint density at radius 1 is 1.11 bits per heavy atom. The first kappa shape index (κ1) is 20.4. The van der Waals surface area contributed by atoms with Crippen LogP contribution in [-0.4, -0.2) is 56.1 Å². The number of hydrogen-bond acceptors (Lipinski definition) is 4. The molecular formula is C20H29F3N2O2. The van der Waals surface area contributed by atoms with Gasteiger partial charge in [-0.15, -0.1) is 0 Å². The van der Waals surface area contributed by atoms with E-state index in [4.69, 9.17) is 9.47 Å². The third kappa shape index (κ3) is 6.09. The van der Waals surface area contributed by atoms with Crippen LogP contribution in [0, 0.1) is 0 Å². The predicted molar refractivity (Wildman–Crippen MR) is 97.9 cm³/mol. The van der Waals surface area contributed by atoms with E-state index < -0.39 is 12.8 Å². The van der Waals surface area contributed by atoms with Crippen molar-refractivity contribution in [2.45, 2.75) is 50.4 Å². The minimum atomic E-state index is -4.32. The van der Waals surface area contributed by atoms with Crippen LogP contribution in [0.1, 0.15) is 37.7 Å². The molecular weight excluding hydrogens is 357 g/mol. The lowest BCUT2D eigenvalue weighted by Gasteiger charge is -2.48. The van der Waals surface area contributed by atoms with Crippen LogP contribution in [0.5, 0.6) is 5.75 Å². The molecule has 2 aliphatic rings. The predicted octanol–water partition coefficient (Wildman–Crippen LogP) is 3.75. The normalized spacial score (nSPS) is 21.1. The molecule has 2 heterocycles. The molecule has 2 fully saturated rings. The number of rotatable bonds is 7. The van der Waals surface area contributed by atoms with E-state index in [1.54, 1.807) is 18.2 Å². The first-order valence-corrected chi connectivity index (χ1v) is 9.79. The van der Waals surface area contributed by atoms with Gasteiger partial charge in [0.05, 0.1) is 0 Å². The molecule has 2 aliphatic heterocycles. The second-order valence-corrected chi connectivity index (χ2v) is 7.54. The maximum atomic E-state index is 12.3. The van der Waals surface area contributed by atoms with Crippen molar-refractivity contribution in [2.24, 2.45) is 0 Å². The van der Waals surface area contributed by atoms with Crippen molar-refractivity contribution in [3.05, 3.63) is 29.8 Å². The molecule has 1 aromatic rings. The van der Waals surface area contributed by atoms with Crippen molar-refractivity contribution in [1.29, 1.82) is 0 Å². The minimum Gasteiger partial charge on any atom is -0.484 e. The zero-order valence-corrected chi connectivity index (χ0v) is 15.7. The van der Waals surface area contributed by atoms with E-state index in [9.17, 15) is 13.2 Å². The molecule has 27 heavy (non-hydrogen) atoms. The lowest BCUT2D eigenvalue weighted by Crippen LogP contribution is -2.59. The SMILES string of the molecule is FC(F)(F)COc1cccc(CNCC2(N3CCCCC3)CCOCC2)c1. The number of hydrogen-bond donors (Lipinski definition) is 1. The number of likely N-dealkylation sites (tertiary alicyclic amines) is 1. The first-order valence-electron chi connectivity index (χ1n) is 9.79. The Kier molecular flexibility index (Phi) is 7.00. The summed E-state index contributed by atoms with van der Waals surface area (Å²) in [6, 6.07) is 6.88. The fourth-order valence-electron chi connectivity index (χ4n) is 4.07. The first-order chi connectivity index (χ1) is 13.0. The maximum absolute atomic E-state index is 12.3. The Hall–Kier alpha value is -1.31. The molecule has 0 radical (unpaired) electrons. The van der Waals surface area contributed by atoms with Crippen LogP contribution in [0.25, 0.3) is 0 Å². The Labute approximate surface area is 159 Å². The fourth-order valence-corrected chi connectivity index (χ4v) is 4.07. The van der Waals surface area contributed by atoms with Crippen molar-refractivity contribution < 1.29 is 22.6 Å². The van der Waals surface area contributed by atoms with Crippen molar-refractivity contribution >= 4 is 0 Å². The Morgan fingerprint density at radius 2 is 1.85 bits per heavy atom. The summed E-state index contributed by atoms with van der Waals surface area (Å²) in [6.45, 7) is 4.08. The van der Waals surface area contributed by atoms with Crippen molar-refractivity contribution in [3.63, 3.8) is 0 Å². The molecule has 152 valence electrons. The zero-order valence-electron chi connectivity index (χ0n) is 15.7. The molecule has 1 aromatic carbocycles. The van der Waals surface area contributed by atoms with Gasteiger partial charge in [0.1, 0.15) is 5.75 Å². The van der Waals surface area contributed by atoms with Gasteiger partial charge in [0, 0.05) is 31.8 Å². The molecule has 0 aromatic heterocycles. The van der Waals surface area contributed by atoms with Gasteiger partial charge in [-0.3, -0.25) is 4.90 Å². The third-order valence-corrected chi connectivity index (χ3v) is 5.53. The van der Waals surface area contributed by atoms with E-state index in [0.717, 1.165) is 51.3 Å². The van der Waals surface area contributed by atoms with Gasteiger partial charge in [-0.25, -0.2) is 0 Å². The molecule has 0 spiro atoms. The van der Waals surface area contributed by atoms with E-state index in [-0.39, 0.29) is 11.3 Å². The van der Waals surface area contributed by atoms with Crippen molar-refractivity contribution in [1.82, 2.24) is 10.2 Å². The second-order valence-electron chi connectivity index (χ2n) is 7.54. The largest absolute Gasteiger partial charge is 0.484 e. The van der Waals surface area contributed by atoms with E-state index in [0.29, 0.717) is 6.54 Å². The van der Waals surface area contributed by atoms with E-state index >= 15 is 0 Å². The van der Waals surface area contributed by atoms with E-state index in [2.05, 4.69) is 10.2 Å². The molecule has 0 atom stereocenters. The minimum absolute atomic E-state index is 0.128. The highest BCUT2D eigenvalue weighted by Gasteiger charge is 2.38. The van der Waals surface area contributed by atoms with Gasteiger partial charge in [-0.1, -0.05) is 18.6 Å². The van der Waals surface area contributed by atoms with Crippen LogP contribution >= 0.6 is 0 Å². The smallest absolute Gasteiger partial charge is 0.422 e. The molecule has 0 saturated carbocycles. The molecule has 1 N–H and O–H groups in total. The van der Waals surface area contributed by atoms with Crippen LogP contribution in [0.2, 0.25) is 0 Å². The quantitative estimate of drug-likeness (QED) is 0.774. The highest BCUT2D eigenvalue weighted by molar-refractivity contribution is 5.28. The van der Waals surface area contributed by atoms with Gasteiger partial charge in [-0.05, 0) is 56.5 Å². The zero-order chi connectivity index (χ0) is 19.2. The number of nitrogens with zero attached hydrogens (tertiary/aromatic N) is 1. The summed E-state index contributed by atoms with van der Waals surface area (Å²) in [5.74, 6) is 0.253. The van der Waals surface area contributed by atoms with Crippen molar-refractivity contribution in [3.8, 4) is 5.75 Å². The van der Waals surface area contributed by atoms with E-state index in [1.807, 2.05) is 6.07 Å². The Bertz CT molecular complexity index is 583. The highest BCUT2D eigenvalue weighted by atomic mass is 19.4. The maximum Gasteiger partial charge on any atom is 0.422 e. The number of nitrogens with one attached hydrogen (secondary N) is 1. The number of halogens is 3. The lowest BCUT2D eigenvalue weighted by atomic mass is 9.86. The molecule has 0 unspecified atom stereocenters. The van der Waals surface area contributed by atoms with Gasteiger partial charge >= 0.3 is 6.18 Å². The van der Waals surface area contributed by atoms with Crippen molar-refractivity contribution in [2.75, 3.05) is 39.5 Å². The molecule has 0 bridgehead atoms. The summed E-state index contributed by atoms with van der Waals surface area (Å²) in [7, 11) is 0. The summed E-state index contributed by atoms with van der Waals surface area (Å²) in [5, 5.41) is 3.53.